The van der Waals surface area contributed by atoms with Crippen LogP contribution in [-0.2, 0) is 17.8 Å². The molecule has 0 amide bonds. The molecular formula is C18H25NO2. The van der Waals surface area contributed by atoms with Crippen LogP contribution in [0.15, 0.2) is 24.3 Å². The maximum absolute atomic E-state index is 11.6. The van der Waals surface area contributed by atoms with E-state index in [-0.39, 0.29) is 12.0 Å². The van der Waals surface area contributed by atoms with Gasteiger partial charge in [-0.1, -0.05) is 31.2 Å². The number of aliphatic carboxylic acids is 1. The predicted molar refractivity (Wildman–Crippen MR) is 83.1 cm³/mol. The molecule has 1 aromatic rings. The fraction of sp³-hybridized carbons (Fsp3) is 0.611. The number of aryl methyl sites for hydroxylation is 1. The summed E-state index contributed by atoms with van der Waals surface area (Å²) in [5, 5.41) is 9.56. The molecule has 1 N–H and O–H groups in total. The largest absolute Gasteiger partial charge is 0.481 e. The quantitative estimate of drug-likeness (QED) is 0.907. The van der Waals surface area contributed by atoms with Crippen molar-refractivity contribution in [1.82, 2.24) is 4.90 Å². The van der Waals surface area contributed by atoms with Gasteiger partial charge in [-0.25, -0.2) is 0 Å². The van der Waals surface area contributed by atoms with Gasteiger partial charge >= 0.3 is 5.97 Å². The zero-order valence-electron chi connectivity index (χ0n) is 12.8. The van der Waals surface area contributed by atoms with Gasteiger partial charge in [0.1, 0.15) is 0 Å². The molecule has 1 aromatic carbocycles. The standard InChI is InChI=1S/C18H25NO2/c1-13-8-9-16(18(20)21)17(11-13)19-10-4-7-14-5-2-3-6-15(14)12-19/h2-3,5-6,13,16-17H,4,7-12H2,1H3,(H,20,21). The third-order valence-electron chi connectivity index (χ3n) is 5.25. The SMILES string of the molecule is CC1CCC(C(=O)O)C(N2CCCc3ccccc3C2)C1. The van der Waals surface area contributed by atoms with Crippen molar-refractivity contribution in [3.8, 4) is 0 Å². The molecule has 3 atom stereocenters. The smallest absolute Gasteiger partial charge is 0.308 e. The molecule has 0 radical (unpaired) electrons. The summed E-state index contributed by atoms with van der Waals surface area (Å²) in [5.74, 6) is -0.153. The molecule has 3 nitrogen and oxygen atoms in total. The van der Waals surface area contributed by atoms with Crippen molar-refractivity contribution in [1.29, 1.82) is 0 Å². The minimum Gasteiger partial charge on any atom is -0.481 e. The fourth-order valence-electron chi connectivity index (χ4n) is 4.05. The van der Waals surface area contributed by atoms with Gasteiger partial charge in [0.25, 0.3) is 0 Å². The number of nitrogens with zero attached hydrogens (tertiary/aromatic N) is 1. The highest BCUT2D eigenvalue weighted by atomic mass is 16.4. The second-order valence-corrected chi connectivity index (χ2v) is 6.77. The lowest BCUT2D eigenvalue weighted by molar-refractivity contribution is -0.146. The molecule has 0 bridgehead atoms. The molecule has 0 spiro atoms. The molecule has 114 valence electrons. The number of fused-ring (bicyclic) bond motifs is 1. The molecular weight excluding hydrogens is 262 g/mol. The van der Waals surface area contributed by atoms with Gasteiger partial charge < -0.3 is 5.11 Å². The average Bonchev–Trinajstić information content (AvgIpc) is 2.68. The molecule has 1 heterocycles. The zero-order chi connectivity index (χ0) is 14.8. The summed E-state index contributed by atoms with van der Waals surface area (Å²) in [6, 6.07) is 8.84. The highest BCUT2D eigenvalue weighted by Gasteiger charge is 2.37. The molecule has 1 aliphatic carbocycles. The van der Waals surface area contributed by atoms with E-state index in [1.54, 1.807) is 0 Å². The molecule has 1 aliphatic heterocycles. The molecule has 3 rings (SSSR count). The van der Waals surface area contributed by atoms with Gasteiger partial charge in [0.15, 0.2) is 0 Å². The lowest BCUT2D eigenvalue weighted by atomic mass is 9.78. The van der Waals surface area contributed by atoms with Crippen LogP contribution in [0.4, 0.5) is 0 Å². The minimum atomic E-state index is -0.607. The van der Waals surface area contributed by atoms with Crippen LogP contribution >= 0.6 is 0 Å². The Bertz CT molecular complexity index is 514. The topological polar surface area (TPSA) is 40.5 Å². The Kier molecular flexibility index (Phi) is 4.29. The van der Waals surface area contributed by atoms with E-state index in [1.165, 1.54) is 11.1 Å². The van der Waals surface area contributed by atoms with Gasteiger partial charge in [0.05, 0.1) is 5.92 Å². The Balaban J connectivity index is 1.82. The average molecular weight is 287 g/mol. The van der Waals surface area contributed by atoms with E-state index in [2.05, 4.69) is 36.1 Å². The Morgan fingerprint density at radius 2 is 2.00 bits per heavy atom. The van der Waals surface area contributed by atoms with E-state index >= 15 is 0 Å². The molecule has 1 fully saturated rings. The first-order valence-corrected chi connectivity index (χ1v) is 8.19. The van der Waals surface area contributed by atoms with Gasteiger partial charge in [-0.3, -0.25) is 9.69 Å². The second kappa shape index (κ2) is 6.18. The third kappa shape index (κ3) is 3.13. The number of benzene rings is 1. The molecule has 3 heteroatoms. The Hall–Kier alpha value is -1.35. The summed E-state index contributed by atoms with van der Waals surface area (Å²) in [6.07, 6.45) is 5.16. The second-order valence-electron chi connectivity index (χ2n) is 6.77. The number of hydrogen-bond donors (Lipinski definition) is 1. The molecule has 21 heavy (non-hydrogen) atoms. The monoisotopic (exact) mass is 287 g/mol. The normalized spacial score (nSPS) is 30.4. The van der Waals surface area contributed by atoms with Gasteiger partial charge in [0.2, 0.25) is 0 Å². The van der Waals surface area contributed by atoms with Crippen LogP contribution in [0, 0.1) is 11.8 Å². The van der Waals surface area contributed by atoms with Crippen molar-refractivity contribution in [2.45, 2.75) is 51.6 Å². The van der Waals surface area contributed by atoms with Crippen LogP contribution < -0.4 is 0 Å². The molecule has 0 aromatic heterocycles. The summed E-state index contributed by atoms with van der Waals surface area (Å²) in [7, 11) is 0. The first-order chi connectivity index (χ1) is 10.1. The number of carboxylic acid groups (broad SMARTS) is 1. The zero-order valence-corrected chi connectivity index (χ0v) is 12.8. The van der Waals surface area contributed by atoms with Gasteiger partial charge in [-0.2, -0.15) is 0 Å². The lowest BCUT2D eigenvalue weighted by Crippen LogP contribution is -2.46. The Morgan fingerprint density at radius 3 is 2.76 bits per heavy atom. The van der Waals surface area contributed by atoms with Gasteiger partial charge in [-0.15, -0.1) is 0 Å². The summed E-state index contributed by atoms with van der Waals surface area (Å²) >= 11 is 0. The summed E-state index contributed by atoms with van der Waals surface area (Å²) in [5.41, 5.74) is 2.83. The van der Waals surface area contributed by atoms with Crippen molar-refractivity contribution in [2.24, 2.45) is 11.8 Å². The van der Waals surface area contributed by atoms with Crippen molar-refractivity contribution < 1.29 is 9.90 Å². The Morgan fingerprint density at radius 1 is 1.24 bits per heavy atom. The number of rotatable bonds is 2. The first-order valence-electron chi connectivity index (χ1n) is 8.19. The van der Waals surface area contributed by atoms with Gasteiger partial charge in [-0.05, 0) is 55.7 Å². The number of carboxylic acids is 1. The van der Waals surface area contributed by atoms with E-state index in [0.717, 1.165) is 45.2 Å². The van der Waals surface area contributed by atoms with Crippen LogP contribution in [0.25, 0.3) is 0 Å². The first kappa shape index (κ1) is 14.6. The maximum atomic E-state index is 11.6. The Labute approximate surface area is 127 Å². The van der Waals surface area contributed by atoms with E-state index < -0.39 is 5.97 Å². The maximum Gasteiger partial charge on any atom is 0.308 e. The van der Waals surface area contributed by atoms with E-state index in [9.17, 15) is 9.90 Å². The molecule has 0 saturated heterocycles. The van der Waals surface area contributed by atoms with Crippen LogP contribution in [0.2, 0.25) is 0 Å². The van der Waals surface area contributed by atoms with E-state index in [0.29, 0.717) is 5.92 Å². The van der Waals surface area contributed by atoms with Crippen LogP contribution in [0.3, 0.4) is 0 Å². The molecule has 3 unspecified atom stereocenters. The van der Waals surface area contributed by atoms with Crippen LogP contribution in [-0.4, -0.2) is 28.6 Å². The van der Waals surface area contributed by atoms with Crippen molar-refractivity contribution >= 4 is 5.97 Å². The third-order valence-corrected chi connectivity index (χ3v) is 5.25. The summed E-state index contributed by atoms with van der Waals surface area (Å²) < 4.78 is 0. The highest BCUT2D eigenvalue weighted by Crippen LogP contribution is 2.34. The number of hydrogen-bond acceptors (Lipinski definition) is 2. The van der Waals surface area contributed by atoms with Crippen molar-refractivity contribution in [3.05, 3.63) is 35.4 Å². The summed E-state index contributed by atoms with van der Waals surface area (Å²) in [6.45, 7) is 4.20. The van der Waals surface area contributed by atoms with Crippen LogP contribution in [0.1, 0.15) is 43.7 Å². The van der Waals surface area contributed by atoms with Crippen LogP contribution in [0.5, 0.6) is 0 Å². The molecule has 2 aliphatic rings. The lowest BCUT2D eigenvalue weighted by Gasteiger charge is -2.40. The molecule has 1 saturated carbocycles. The van der Waals surface area contributed by atoms with Crippen molar-refractivity contribution in [2.75, 3.05) is 6.54 Å². The van der Waals surface area contributed by atoms with E-state index in [1.807, 2.05) is 0 Å². The highest BCUT2D eigenvalue weighted by molar-refractivity contribution is 5.71. The predicted octanol–water partition coefficient (Wildman–Crippen LogP) is 3.32. The van der Waals surface area contributed by atoms with Crippen molar-refractivity contribution in [3.63, 3.8) is 0 Å². The minimum absolute atomic E-state index is 0.188. The number of carbonyl (C=O) groups is 1. The fourth-order valence-corrected chi connectivity index (χ4v) is 4.05. The van der Waals surface area contributed by atoms with E-state index in [4.69, 9.17) is 0 Å². The summed E-state index contributed by atoms with van der Waals surface area (Å²) in [4.78, 5) is 14.1. The van der Waals surface area contributed by atoms with Gasteiger partial charge in [0, 0.05) is 12.6 Å².